The molecule has 0 N–H and O–H groups in total. The standard InChI is InChI=1S/C29H32FNO2/c30-25-18-23-14-17-33-29(23)27(19-25)24-12-15-31(20-24)16-13-26(21-8-6-3-7-9-21)28(32)22-10-4-1-2-5-11-22/h3,6-9,14,17-20,22,26H,1-2,4-5,10-13,15-16H2. The van der Waals surface area contributed by atoms with Crippen molar-refractivity contribution in [1.82, 2.24) is 4.90 Å². The zero-order valence-corrected chi connectivity index (χ0v) is 19.1. The first-order valence-electron chi connectivity index (χ1n) is 12.4. The van der Waals surface area contributed by atoms with E-state index in [1.807, 2.05) is 18.2 Å². The van der Waals surface area contributed by atoms with Gasteiger partial charge in [-0.1, -0.05) is 56.0 Å². The van der Waals surface area contributed by atoms with Crippen molar-refractivity contribution in [2.24, 2.45) is 5.92 Å². The maximum Gasteiger partial charge on any atom is 0.143 e. The zero-order valence-electron chi connectivity index (χ0n) is 19.1. The number of halogens is 1. The minimum absolute atomic E-state index is 0.0577. The van der Waals surface area contributed by atoms with Crippen molar-refractivity contribution >= 4 is 22.3 Å². The van der Waals surface area contributed by atoms with E-state index in [1.165, 1.54) is 31.7 Å². The number of rotatable bonds is 7. The number of carbonyl (C=O) groups excluding carboxylic acids is 1. The molecule has 0 spiro atoms. The van der Waals surface area contributed by atoms with E-state index in [0.717, 1.165) is 66.4 Å². The SMILES string of the molecule is O=C(C1CCCCCC1)C(CCN1C=C(c2cc(F)cc3ccoc23)CC1)c1ccccc1. The van der Waals surface area contributed by atoms with Gasteiger partial charge < -0.3 is 9.32 Å². The third-order valence-electron chi connectivity index (χ3n) is 7.38. The molecule has 1 aliphatic heterocycles. The fourth-order valence-corrected chi connectivity index (χ4v) is 5.58. The van der Waals surface area contributed by atoms with Gasteiger partial charge in [-0.25, -0.2) is 4.39 Å². The highest BCUT2D eigenvalue weighted by Crippen LogP contribution is 2.35. The summed E-state index contributed by atoms with van der Waals surface area (Å²) in [4.78, 5) is 15.9. The number of hydrogen-bond donors (Lipinski definition) is 0. The second-order valence-corrected chi connectivity index (χ2v) is 9.58. The fourth-order valence-electron chi connectivity index (χ4n) is 5.58. The Hall–Kier alpha value is -2.88. The van der Waals surface area contributed by atoms with E-state index in [9.17, 15) is 9.18 Å². The second kappa shape index (κ2) is 9.94. The van der Waals surface area contributed by atoms with Gasteiger partial charge in [-0.3, -0.25) is 4.79 Å². The third-order valence-corrected chi connectivity index (χ3v) is 7.38. The van der Waals surface area contributed by atoms with Gasteiger partial charge in [0.1, 0.15) is 17.2 Å². The van der Waals surface area contributed by atoms with Crippen LogP contribution in [0, 0.1) is 11.7 Å². The highest BCUT2D eigenvalue weighted by atomic mass is 19.1. The predicted octanol–water partition coefficient (Wildman–Crippen LogP) is 7.33. The molecule has 3 nitrogen and oxygen atoms in total. The van der Waals surface area contributed by atoms with Gasteiger partial charge in [0, 0.05) is 42.1 Å². The average Bonchev–Trinajstić information content (AvgIpc) is 3.41. The van der Waals surface area contributed by atoms with Crippen LogP contribution in [0.4, 0.5) is 4.39 Å². The Kier molecular flexibility index (Phi) is 6.61. The first kappa shape index (κ1) is 21.9. The van der Waals surface area contributed by atoms with Crippen LogP contribution in [0.15, 0.2) is 65.4 Å². The van der Waals surface area contributed by atoms with Crippen molar-refractivity contribution in [1.29, 1.82) is 0 Å². The molecule has 0 saturated heterocycles. The lowest BCUT2D eigenvalue weighted by Gasteiger charge is -2.24. The number of carbonyl (C=O) groups is 1. The molecule has 0 bridgehead atoms. The molecule has 1 saturated carbocycles. The lowest BCUT2D eigenvalue weighted by molar-refractivity contribution is -0.125. The van der Waals surface area contributed by atoms with Crippen LogP contribution in [-0.2, 0) is 4.79 Å². The molecule has 5 rings (SSSR count). The molecule has 2 heterocycles. The lowest BCUT2D eigenvalue weighted by Crippen LogP contribution is -2.26. The van der Waals surface area contributed by atoms with E-state index < -0.39 is 0 Å². The molecule has 3 aromatic rings. The monoisotopic (exact) mass is 445 g/mol. The second-order valence-electron chi connectivity index (χ2n) is 9.58. The quantitative estimate of drug-likeness (QED) is 0.357. The molecule has 0 radical (unpaired) electrons. The molecule has 0 amide bonds. The van der Waals surface area contributed by atoms with Gasteiger partial charge in [0.05, 0.1) is 6.26 Å². The summed E-state index contributed by atoms with van der Waals surface area (Å²) in [6.45, 7) is 1.70. The van der Waals surface area contributed by atoms with Crippen molar-refractivity contribution in [2.75, 3.05) is 13.1 Å². The van der Waals surface area contributed by atoms with E-state index >= 15 is 0 Å². The topological polar surface area (TPSA) is 33.5 Å². The van der Waals surface area contributed by atoms with Crippen molar-refractivity contribution in [3.63, 3.8) is 0 Å². The summed E-state index contributed by atoms with van der Waals surface area (Å²) in [7, 11) is 0. The van der Waals surface area contributed by atoms with Gasteiger partial charge >= 0.3 is 0 Å². The average molecular weight is 446 g/mol. The third kappa shape index (κ3) is 4.90. The summed E-state index contributed by atoms with van der Waals surface area (Å²) in [5.41, 5.74) is 3.82. The van der Waals surface area contributed by atoms with Crippen LogP contribution in [0.2, 0.25) is 0 Å². The number of Topliss-reactive ketones (excluding diaryl/α,β-unsaturated/α-hetero) is 1. The molecule has 2 aliphatic rings. The van der Waals surface area contributed by atoms with Crippen molar-refractivity contribution < 1.29 is 13.6 Å². The van der Waals surface area contributed by atoms with E-state index in [4.69, 9.17) is 4.42 Å². The van der Waals surface area contributed by atoms with Gasteiger partial charge in [0.25, 0.3) is 0 Å². The first-order chi connectivity index (χ1) is 16.2. The largest absolute Gasteiger partial charge is 0.464 e. The Morgan fingerprint density at radius 1 is 1.06 bits per heavy atom. The van der Waals surface area contributed by atoms with Crippen LogP contribution >= 0.6 is 0 Å². The summed E-state index contributed by atoms with van der Waals surface area (Å²) < 4.78 is 19.8. The van der Waals surface area contributed by atoms with Crippen LogP contribution in [0.5, 0.6) is 0 Å². The van der Waals surface area contributed by atoms with Crippen molar-refractivity contribution in [3.8, 4) is 0 Å². The van der Waals surface area contributed by atoms with E-state index in [0.29, 0.717) is 5.78 Å². The first-order valence-corrected chi connectivity index (χ1v) is 12.4. The van der Waals surface area contributed by atoms with Gasteiger partial charge in [-0.2, -0.15) is 0 Å². The minimum Gasteiger partial charge on any atom is -0.464 e. The molecule has 33 heavy (non-hydrogen) atoms. The van der Waals surface area contributed by atoms with Gasteiger partial charge in [-0.05, 0) is 55.0 Å². The van der Waals surface area contributed by atoms with E-state index in [-0.39, 0.29) is 17.7 Å². The molecule has 172 valence electrons. The minimum atomic E-state index is -0.239. The Labute approximate surface area is 195 Å². The van der Waals surface area contributed by atoms with Crippen LogP contribution in [0.1, 0.15) is 68.4 Å². The predicted molar refractivity (Wildman–Crippen MR) is 130 cm³/mol. The molecule has 4 heteroatoms. The van der Waals surface area contributed by atoms with Crippen LogP contribution in [-0.4, -0.2) is 23.8 Å². The van der Waals surface area contributed by atoms with E-state index in [2.05, 4.69) is 23.2 Å². The normalized spacial score (nSPS) is 18.3. The molecule has 2 aromatic carbocycles. The molecular formula is C29H32FNO2. The maximum atomic E-state index is 14.1. The maximum absolute atomic E-state index is 14.1. The molecule has 1 atom stereocenters. The summed E-state index contributed by atoms with van der Waals surface area (Å²) in [6.07, 6.45) is 12.3. The van der Waals surface area contributed by atoms with Gasteiger partial charge in [-0.15, -0.1) is 0 Å². The van der Waals surface area contributed by atoms with Crippen molar-refractivity contribution in [3.05, 3.63) is 77.9 Å². The molecule has 1 fully saturated rings. The number of hydrogen-bond acceptors (Lipinski definition) is 3. The summed E-state index contributed by atoms with van der Waals surface area (Å²) >= 11 is 0. The zero-order chi connectivity index (χ0) is 22.6. The number of furan rings is 1. The highest BCUT2D eigenvalue weighted by molar-refractivity contribution is 5.90. The van der Waals surface area contributed by atoms with Crippen LogP contribution in [0.25, 0.3) is 16.5 Å². The Morgan fingerprint density at radius 3 is 2.64 bits per heavy atom. The number of fused-ring (bicyclic) bond motifs is 1. The van der Waals surface area contributed by atoms with Gasteiger partial charge in [0.2, 0.25) is 0 Å². The Morgan fingerprint density at radius 2 is 1.85 bits per heavy atom. The molecular weight excluding hydrogens is 413 g/mol. The van der Waals surface area contributed by atoms with Gasteiger partial charge in [0.15, 0.2) is 0 Å². The van der Waals surface area contributed by atoms with E-state index in [1.54, 1.807) is 18.4 Å². The van der Waals surface area contributed by atoms with Crippen molar-refractivity contribution in [2.45, 2.75) is 57.3 Å². The summed E-state index contributed by atoms with van der Waals surface area (Å²) in [5, 5.41) is 0.794. The number of ketones is 1. The smallest absolute Gasteiger partial charge is 0.143 e. The molecule has 1 aliphatic carbocycles. The summed E-state index contributed by atoms with van der Waals surface area (Å²) in [5.74, 6) is 0.324. The highest BCUT2D eigenvalue weighted by Gasteiger charge is 2.29. The number of benzene rings is 2. The van der Waals surface area contributed by atoms with Crippen LogP contribution < -0.4 is 0 Å². The number of nitrogens with zero attached hydrogens (tertiary/aromatic N) is 1. The van der Waals surface area contributed by atoms with Crippen LogP contribution in [0.3, 0.4) is 0 Å². The molecule has 1 aromatic heterocycles. The molecule has 1 unspecified atom stereocenters. The fraction of sp³-hybridized carbons (Fsp3) is 0.414. The Balaban J connectivity index is 1.32. The lowest BCUT2D eigenvalue weighted by atomic mass is 9.82. The Bertz CT molecular complexity index is 1120. The summed E-state index contributed by atoms with van der Waals surface area (Å²) in [6, 6.07) is 15.2.